The van der Waals surface area contributed by atoms with Crippen LogP contribution < -0.4 is 5.32 Å². The predicted octanol–water partition coefficient (Wildman–Crippen LogP) is 1.79. The number of benzene rings is 2. The first-order valence-electron chi connectivity index (χ1n) is 8.46. The summed E-state index contributed by atoms with van der Waals surface area (Å²) in [5.41, 5.74) is 0.680. The zero-order valence-electron chi connectivity index (χ0n) is 15.0. The van der Waals surface area contributed by atoms with Gasteiger partial charge in [0.1, 0.15) is 6.04 Å². The molecule has 9 heteroatoms. The number of hydrogen-bond donors (Lipinski definition) is 1. The Labute approximate surface area is 162 Å². The van der Waals surface area contributed by atoms with Gasteiger partial charge in [-0.05, 0) is 42.8 Å². The van der Waals surface area contributed by atoms with Crippen LogP contribution >= 0.6 is 0 Å². The van der Waals surface area contributed by atoms with Crippen LogP contribution in [0.3, 0.4) is 0 Å². The van der Waals surface area contributed by atoms with Crippen LogP contribution in [0.25, 0.3) is 0 Å². The monoisotopic (exact) mass is 402 g/mol. The maximum Gasteiger partial charge on any atom is 0.337 e. The van der Waals surface area contributed by atoms with E-state index in [0.717, 1.165) is 0 Å². The van der Waals surface area contributed by atoms with Crippen molar-refractivity contribution in [1.82, 2.24) is 4.31 Å². The van der Waals surface area contributed by atoms with Crippen molar-refractivity contribution in [3.8, 4) is 0 Å². The number of methoxy groups -OCH3 is 1. The molecule has 0 saturated carbocycles. The number of nitrogens with zero attached hydrogens (tertiary/aromatic N) is 1. The number of carbonyl (C=O) groups is 3. The van der Waals surface area contributed by atoms with Gasteiger partial charge in [-0.3, -0.25) is 9.59 Å². The van der Waals surface area contributed by atoms with Crippen molar-refractivity contribution in [2.24, 2.45) is 0 Å². The van der Waals surface area contributed by atoms with Gasteiger partial charge in [-0.1, -0.05) is 18.2 Å². The Morgan fingerprint density at radius 2 is 1.71 bits per heavy atom. The topological polar surface area (TPSA) is 110 Å². The minimum Gasteiger partial charge on any atom is -0.465 e. The first kappa shape index (κ1) is 19.6. The summed E-state index contributed by atoms with van der Waals surface area (Å²) >= 11 is 0. The van der Waals surface area contributed by atoms with Crippen LogP contribution in [-0.2, 0) is 24.3 Å². The highest BCUT2D eigenvalue weighted by Crippen LogP contribution is 2.28. The van der Waals surface area contributed by atoms with Crippen LogP contribution in [0.15, 0.2) is 59.5 Å². The predicted molar refractivity (Wildman–Crippen MR) is 99.9 cm³/mol. The number of esters is 1. The molecule has 8 nitrogen and oxygen atoms in total. The molecule has 146 valence electrons. The van der Waals surface area contributed by atoms with Gasteiger partial charge in [0.15, 0.2) is 0 Å². The van der Waals surface area contributed by atoms with E-state index in [2.05, 4.69) is 10.1 Å². The number of ether oxygens (including phenoxy) is 1. The fourth-order valence-electron chi connectivity index (χ4n) is 2.94. The lowest BCUT2D eigenvalue weighted by atomic mass is 10.2. The van der Waals surface area contributed by atoms with Crippen molar-refractivity contribution in [3.05, 3.63) is 60.2 Å². The average Bonchev–Trinajstić information content (AvgIpc) is 3.11. The van der Waals surface area contributed by atoms with Gasteiger partial charge < -0.3 is 10.1 Å². The lowest BCUT2D eigenvalue weighted by Crippen LogP contribution is -2.45. The molecule has 0 spiro atoms. The van der Waals surface area contributed by atoms with Crippen molar-refractivity contribution in [2.45, 2.75) is 23.8 Å². The second-order valence-electron chi connectivity index (χ2n) is 6.12. The lowest BCUT2D eigenvalue weighted by Gasteiger charge is -2.23. The Balaban J connectivity index is 1.81. The molecular weight excluding hydrogens is 384 g/mol. The summed E-state index contributed by atoms with van der Waals surface area (Å²) in [5, 5.41) is 2.59. The zero-order valence-corrected chi connectivity index (χ0v) is 15.8. The molecule has 1 saturated heterocycles. The number of hydrogen-bond acceptors (Lipinski definition) is 6. The van der Waals surface area contributed by atoms with E-state index in [0.29, 0.717) is 15.6 Å². The fraction of sp³-hybridized carbons (Fsp3) is 0.211. The molecule has 1 aliphatic rings. The van der Waals surface area contributed by atoms with Crippen LogP contribution in [0.2, 0.25) is 0 Å². The Morgan fingerprint density at radius 3 is 2.32 bits per heavy atom. The van der Waals surface area contributed by atoms with Gasteiger partial charge in [0.05, 0.1) is 17.6 Å². The fourth-order valence-corrected chi connectivity index (χ4v) is 4.56. The van der Waals surface area contributed by atoms with E-state index in [1.807, 2.05) is 0 Å². The molecule has 0 unspecified atom stereocenters. The van der Waals surface area contributed by atoms with Gasteiger partial charge in [-0.2, -0.15) is 0 Å². The number of sulfonamides is 1. The molecule has 2 aromatic rings. The molecule has 1 N–H and O–H groups in total. The molecule has 1 atom stereocenters. The van der Waals surface area contributed by atoms with Crippen molar-refractivity contribution in [2.75, 3.05) is 12.4 Å². The molecule has 2 aromatic carbocycles. The van der Waals surface area contributed by atoms with E-state index in [1.165, 1.54) is 43.5 Å². The maximum absolute atomic E-state index is 12.8. The summed E-state index contributed by atoms with van der Waals surface area (Å²) in [7, 11) is -2.87. The number of carbonyl (C=O) groups excluding carboxylic acids is 3. The third-order valence-corrected chi connectivity index (χ3v) is 6.18. The molecule has 1 aliphatic heterocycles. The normalized spacial score (nSPS) is 16.7. The highest BCUT2D eigenvalue weighted by atomic mass is 32.2. The van der Waals surface area contributed by atoms with Gasteiger partial charge in [-0.25, -0.2) is 17.5 Å². The molecule has 3 rings (SSSR count). The molecule has 0 aromatic heterocycles. The molecule has 1 heterocycles. The molecule has 0 radical (unpaired) electrons. The molecule has 0 aliphatic carbocycles. The third kappa shape index (κ3) is 3.74. The van der Waals surface area contributed by atoms with Crippen LogP contribution in [0.1, 0.15) is 23.2 Å². The van der Waals surface area contributed by atoms with Crippen molar-refractivity contribution < 1.29 is 27.5 Å². The van der Waals surface area contributed by atoms with Gasteiger partial charge in [0.2, 0.25) is 11.8 Å². The van der Waals surface area contributed by atoms with Crippen LogP contribution in [0, 0.1) is 0 Å². The largest absolute Gasteiger partial charge is 0.465 e. The standard InChI is InChI=1S/C19H18N2O6S/c1-27-19(24)13-7-9-14(10-8-13)20-18(23)16-11-12-17(22)21(16)28(25,26)15-5-3-2-4-6-15/h2-10,16H,11-12H2,1H3,(H,20,23)/t16-/m0/s1. The van der Waals surface area contributed by atoms with Gasteiger partial charge >= 0.3 is 5.97 Å². The molecule has 28 heavy (non-hydrogen) atoms. The summed E-state index contributed by atoms with van der Waals surface area (Å²) in [6.07, 6.45) is 0.0579. The number of rotatable bonds is 5. The second kappa shape index (κ2) is 7.81. The van der Waals surface area contributed by atoms with Crippen LogP contribution in [0.4, 0.5) is 5.69 Å². The summed E-state index contributed by atoms with van der Waals surface area (Å²) in [4.78, 5) is 36.3. The summed E-state index contributed by atoms with van der Waals surface area (Å²) in [6, 6.07) is 12.3. The van der Waals surface area contributed by atoms with E-state index in [-0.39, 0.29) is 17.7 Å². The Bertz CT molecular complexity index is 1000. The Hall–Kier alpha value is -3.20. The SMILES string of the molecule is COC(=O)c1ccc(NC(=O)[C@@H]2CCC(=O)N2S(=O)(=O)c2ccccc2)cc1. The average molecular weight is 402 g/mol. The van der Waals surface area contributed by atoms with E-state index >= 15 is 0 Å². The van der Waals surface area contributed by atoms with E-state index in [1.54, 1.807) is 18.2 Å². The smallest absolute Gasteiger partial charge is 0.337 e. The number of anilines is 1. The molecule has 0 bridgehead atoms. The summed E-state index contributed by atoms with van der Waals surface area (Å²) in [5.74, 6) is -1.75. The van der Waals surface area contributed by atoms with E-state index in [4.69, 9.17) is 0 Å². The Morgan fingerprint density at radius 1 is 1.07 bits per heavy atom. The minimum absolute atomic E-state index is 0.0363. The lowest BCUT2D eigenvalue weighted by molar-refractivity contribution is -0.128. The highest BCUT2D eigenvalue weighted by Gasteiger charge is 2.44. The van der Waals surface area contributed by atoms with Gasteiger partial charge in [0.25, 0.3) is 10.0 Å². The maximum atomic E-state index is 12.8. The van der Waals surface area contributed by atoms with E-state index < -0.39 is 33.8 Å². The summed E-state index contributed by atoms with van der Waals surface area (Å²) < 4.78 is 30.9. The molecule has 2 amide bonds. The van der Waals surface area contributed by atoms with Gasteiger partial charge in [-0.15, -0.1) is 0 Å². The third-order valence-electron chi connectivity index (χ3n) is 4.34. The molecular formula is C19H18N2O6S. The van der Waals surface area contributed by atoms with Crippen molar-refractivity contribution >= 4 is 33.5 Å². The zero-order chi connectivity index (χ0) is 20.3. The van der Waals surface area contributed by atoms with Crippen molar-refractivity contribution in [3.63, 3.8) is 0 Å². The number of nitrogens with one attached hydrogen (secondary N) is 1. The minimum atomic E-state index is -4.13. The first-order valence-corrected chi connectivity index (χ1v) is 9.90. The Kier molecular flexibility index (Phi) is 5.46. The van der Waals surface area contributed by atoms with Gasteiger partial charge in [0, 0.05) is 12.1 Å². The first-order chi connectivity index (χ1) is 13.3. The quantitative estimate of drug-likeness (QED) is 0.764. The second-order valence-corrected chi connectivity index (χ2v) is 7.94. The van der Waals surface area contributed by atoms with Crippen LogP contribution in [-0.4, -0.2) is 43.7 Å². The summed E-state index contributed by atoms with van der Waals surface area (Å²) in [6.45, 7) is 0. The molecule has 1 fully saturated rings. The number of amides is 2. The van der Waals surface area contributed by atoms with E-state index in [9.17, 15) is 22.8 Å². The highest BCUT2D eigenvalue weighted by molar-refractivity contribution is 7.89. The van der Waals surface area contributed by atoms with Crippen molar-refractivity contribution in [1.29, 1.82) is 0 Å². The van der Waals surface area contributed by atoms with Crippen LogP contribution in [0.5, 0.6) is 0 Å².